The molecule has 2 saturated heterocycles. The Morgan fingerprint density at radius 1 is 1.15 bits per heavy atom. The number of ether oxygens (including phenoxy) is 2. The van der Waals surface area contributed by atoms with Gasteiger partial charge in [-0.3, -0.25) is 9.59 Å². The maximum absolute atomic E-state index is 13.9. The number of hydrogen-bond donors (Lipinski definition) is 2. The van der Waals surface area contributed by atoms with Gasteiger partial charge in [-0.25, -0.2) is 9.78 Å². The largest absolute Gasteiger partial charge is 0.468 e. The van der Waals surface area contributed by atoms with Crippen LogP contribution in [-0.2, 0) is 14.3 Å². The SMILES string of the molecule is C=C(NC(=O)[C@@H]1C[C@@H](O)CN1C(=O)[C@H](c1cc(OC2CN(C(=O)OC(C)(C)C)C2)no1)C(C)C)c1ccc(-c2scnc2C)cc1. The molecule has 0 radical (unpaired) electrons. The summed E-state index contributed by atoms with van der Waals surface area (Å²) >= 11 is 1.56. The molecule has 246 valence electrons. The third kappa shape index (κ3) is 7.42. The van der Waals surface area contributed by atoms with Gasteiger partial charge in [0, 0.05) is 24.7 Å². The van der Waals surface area contributed by atoms with Crippen molar-refractivity contribution in [3.05, 3.63) is 59.4 Å². The van der Waals surface area contributed by atoms with Crippen molar-refractivity contribution in [2.45, 2.75) is 77.7 Å². The highest BCUT2D eigenvalue weighted by atomic mass is 32.1. The summed E-state index contributed by atoms with van der Waals surface area (Å²) in [5.74, 6) is -1.27. The first-order valence-corrected chi connectivity index (χ1v) is 16.2. The summed E-state index contributed by atoms with van der Waals surface area (Å²) in [6.45, 7) is 15.9. The predicted molar refractivity (Wildman–Crippen MR) is 172 cm³/mol. The van der Waals surface area contributed by atoms with Crippen molar-refractivity contribution in [3.63, 3.8) is 0 Å². The number of amides is 3. The van der Waals surface area contributed by atoms with E-state index >= 15 is 0 Å². The van der Waals surface area contributed by atoms with Crippen LogP contribution in [-0.4, -0.2) is 86.4 Å². The van der Waals surface area contributed by atoms with Gasteiger partial charge in [0.15, 0.2) is 5.76 Å². The van der Waals surface area contributed by atoms with E-state index in [4.69, 9.17) is 14.0 Å². The quantitative estimate of drug-likeness (QED) is 0.339. The molecule has 3 amide bonds. The lowest BCUT2D eigenvalue weighted by Crippen LogP contribution is -2.57. The number of nitrogens with one attached hydrogen (secondary N) is 1. The van der Waals surface area contributed by atoms with Crippen LogP contribution in [0.25, 0.3) is 16.1 Å². The molecule has 13 heteroatoms. The van der Waals surface area contributed by atoms with Gasteiger partial charge in [0.05, 0.1) is 35.3 Å². The number of likely N-dealkylation sites (tertiary alicyclic amines) is 2. The smallest absolute Gasteiger partial charge is 0.410 e. The van der Waals surface area contributed by atoms with Gasteiger partial charge in [-0.1, -0.05) is 44.7 Å². The summed E-state index contributed by atoms with van der Waals surface area (Å²) in [7, 11) is 0. The first-order chi connectivity index (χ1) is 21.7. The second-order valence-corrected chi connectivity index (χ2v) is 14.0. The number of thiazole rings is 1. The Kier molecular flexibility index (Phi) is 9.54. The number of aliphatic hydroxyl groups excluding tert-OH is 1. The van der Waals surface area contributed by atoms with Crippen LogP contribution in [0.5, 0.6) is 5.88 Å². The number of hydrogen-bond acceptors (Lipinski definition) is 10. The minimum atomic E-state index is -0.896. The zero-order valence-corrected chi connectivity index (χ0v) is 27.8. The monoisotopic (exact) mass is 651 g/mol. The molecule has 2 aliphatic heterocycles. The number of aryl methyl sites for hydroxylation is 1. The lowest BCUT2D eigenvalue weighted by molar-refractivity contribution is -0.140. The van der Waals surface area contributed by atoms with Gasteiger partial charge < -0.3 is 34.2 Å². The molecular formula is C33H41N5O7S. The molecule has 0 aliphatic carbocycles. The van der Waals surface area contributed by atoms with Crippen LogP contribution in [0.4, 0.5) is 4.79 Å². The van der Waals surface area contributed by atoms with E-state index in [9.17, 15) is 19.5 Å². The fourth-order valence-electron chi connectivity index (χ4n) is 5.56. The molecule has 2 fully saturated rings. The molecule has 12 nitrogen and oxygen atoms in total. The van der Waals surface area contributed by atoms with Gasteiger partial charge in [-0.2, -0.15) is 0 Å². The summed E-state index contributed by atoms with van der Waals surface area (Å²) in [5.41, 5.74) is 4.31. The van der Waals surface area contributed by atoms with E-state index in [2.05, 4.69) is 22.0 Å². The van der Waals surface area contributed by atoms with E-state index < -0.39 is 35.7 Å². The number of rotatable bonds is 9. The summed E-state index contributed by atoms with van der Waals surface area (Å²) in [4.78, 5) is 47.9. The lowest BCUT2D eigenvalue weighted by atomic mass is 9.91. The van der Waals surface area contributed by atoms with Crippen LogP contribution in [0, 0.1) is 12.8 Å². The average Bonchev–Trinajstić information content (AvgIpc) is 3.69. The van der Waals surface area contributed by atoms with E-state index in [0.29, 0.717) is 24.5 Å². The number of aliphatic hydroxyl groups is 1. The maximum Gasteiger partial charge on any atom is 0.410 e. The number of nitrogens with zero attached hydrogens (tertiary/aromatic N) is 4. The Balaban J connectivity index is 1.21. The molecule has 3 aromatic rings. The molecule has 0 bridgehead atoms. The minimum absolute atomic E-state index is 0.00951. The predicted octanol–water partition coefficient (Wildman–Crippen LogP) is 4.59. The average molecular weight is 652 g/mol. The van der Waals surface area contributed by atoms with Gasteiger partial charge in [0.25, 0.3) is 5.88 Å². The van der Waals surface area contributed by atoms with Crippen LogP contribution in [0.15, 0.2) is 46.9 Å². The fourth-order valence-corrected chi connectivity index (χ4v) is 6.37. The number of β-amino-alcohol motifs (C(OH)–C–C–N with tert-alkyl or cyclic N) is 1. The van der Waals surface area contributed by atoms with E-state index in [1.807, 2.05) is 65.8 Å². The van der Waals surface area contributed by atoms with Gasteiger partial charge in [0.2, 0.25) is 11.8 Å². The van der Waals surface area contributed by atoms with Crippen molar-refractivity contribution in [1.29, 1.82) is 0 Å². The molecule has 5 rings (SSSR count). The van der Waals surface area contributed by atoms with Crippen LogP contribution in [0.2, 0.25) is 0 Å². The third-order valence-electron chi connectivity index (χ3n) is 7.91. The highest BCUT2D eigenvalue weighted by Gasteiger charge is 2.44. The Labute approximate surface area is 272 Å². The van der Waals surface area contributed by atoms with E-state index in [1.54, 1.807) is 22.9 Å². The summed E-state index contributed by atoms with van der Waals surface area (Å²) < 4.78 is 16.8. The van der Waals surface area contributed by atoms with E-state index in [1.165, 1.54) is 9.80 Å². The molecule has 0 unspecified atom stereocenters. The third-order valence-corrected chi connectivity index (χ3v) is 8.89. The van der Waals surface area contributed by atoms with Crippen molar-refractivity contribution in [1.82, 2.24) is 25.3 Å². The Bertz CT molecular complexity index is 1590. The summed E-state index contributed by atoms with van der Waals surface area (Å²) in [6.07, 6.45) is -1.46. The molecule has 0 saturated carbocycles. The Morgan fingerprint density at radius 2 is 1.85 bits per heavy atom. The lowest BCUT2D eigenvalue weighted by Gasteiger charge is -2.38. The summed E-state index contributed by atoms with van der Waals surface area (Å²) in [6, 6.07) is 8.33. The molecule has 2 aromatic heterocycles. The normalized spacial score (nSPS) is 19.1. The van der Waals surface area contributed by atoms with Crippen LogP contribution >= 0.6 is 11.3 Å². The number of benzene rings is 1. The zero-order valence-electron chi connectivity index (χ0n) is 27.0. The maximum atomic E-state index is 13.9. The minimum Gasteiger partial charge on any atom is -0.468 e. The molecule has 1 aromatic carbocycles. The highest BCUT2D eigenvalue weighted by molar-refractivity contribution is 7.13. The number of carbonyl (C=O) groups is 3. The first-order valence-electron chi connectivity index (χ1n) is 15.3. The number of aromatic nitrogens is 2. The van der Waals surface area contributed by atoms with Gasteiger partial charge >= 0.3 is 6.09 Å². The van der Waals surface area contributed by atoms with E-state index in [0.717, 1.165) is 21.7 Å². The molecule has 0 spiro atoms. The van der Waals surface area contributed by atoms with Crippen molar-refractivity contribution in [3.8, 4) is 16.3 Å². The second kappa shape index (κ2) is 13.2. The molecule has 46 heavy (non-hydrogen) atoms. The number of carbonyl (C=O) groups excluding carboxylic acids is 3. The van der Waals surface area contributed by atoms with Crippen LogP contribution in [0.3, 0.4) is 0 Å². The van der Waals surface area contributed by atoms with Crippen LogP contribution in [0.1, 0.15) is 64.0 Å². The molecule has 3 atom stereocenters. The fraction of sp³-hybridized carbons (Fsp3) is 0.485. The topological polar surface area (TPSA) is 147 Å². The standard InChI is InChI=1S/C33H41N5O7S/c1-18(2)28(26-13-27(36-45-26)43-24-15-37(16-24)32(42)44-33(5,6)7)31(41)38-14-23(39)12-25(38)30(40)35-19(3)21-8-10-22(11-9-21)29-20(4)34-17-46-29/h8-11,13,17-18,23-25,28,39H,3,12,14-16H2,1-2,4-7H3,(H,35,40)/t23-,25+,28+/m1/s1. The Hall–Kier alpha value is -4.23. The first kappa shape index (κ1) is 33.1. The van der Waals surface area contributed by atoms with Crippen LogP contribution < -0.4 is 10.1 Å². The van der Waals surface area contributed by atoms with E-state index in [-0.39, 0.29) is 36.8 Å². The molecule has 4 heterocycles. The van der Waals surface area contributed by atoms with Crippen molar-refractivity contribution < 1.29 is 33.5 Å². The van der Waals surface area contributed by atoms with Crippen molar-refractivity contribution in [2.24, 2.45) is 5.92 Å². The summed E-state index contributed by atoms with van der Waals surface area (Å²) in [5, 5.41) is 17.4. The molecule has 2 N–H and O–H groups in total. The molecular weight excluding hydrogens is 610 g/mol. The molecule has 2 aliphatic rings. The zero-order chi connectivity index (χ0) is 33.3. The Morgan fingerprint density at radius 3 is 2.46 bits per heavy atom. The van der Waals surface area contributed by atoms with Gasteiger partial charge in [-0.05, 0) is 49.9 Å². The van der Waals surface area contributed by atoms with Gasteiger partial charge in [0.1, 0.15) is 23.7 Å². The second-order valence-electron chi connectivity index (χ2n) is 13.1. The highest BCUT2D eigenvalue weighted by Crippen LogP contribution is 2.33. The van der Waals surface area contributed by atoms with Crippen molar-refractivity contribution >= 4 is 34.9 Å². The van der Waals surface area contributed by atoms with Gasteiger partial charge in [-0.15, -0.1) is 11.3 Å². The van der Waals surface area contributed by atoms with Crippen molar-refractivity contribution in [2.75, 3.05) is 19.6 Å².